The molecule has 23 heavy (non-hydrogen) atoms. The summed E-state index contributed by atoms with van der Waals surface area (Å²) in [6.45, 7) is 4.10. The van der Waals surface area contributed by atoms with Crippen LogP contribution in [0.3, 0.4) is 0 Å². The lowest BCUT2D eigenvalue weighted by Crippen LogP contribution is -2.41. The lowest BCUT2D eigenvalue weighted by molar-refractivity contribution is -0.137. The first kappa shape index (κ1) is 18.1. The molecule has 1 N–H and O–H groups in total. The molecule has 0 aromatic heterocycles. The van der Waals surface area contributed by atoms with Gasteiger partial charge in [-0.05, 0) is 42.9 Å². The van der Waals surface area contributed by atoms with Crippen LogP contribution in [0.1, 0.15) is 31.7 Å². The number of hydrogen-bond acceptors (Lipinski definition) is 2. The van der Waals surface area contributed by atoms with Gasteiger partial charge in [-0.2, -0.15) is 0 Å². The molecule has 1 heterocycles. The van der Waals surface area contributed by atoms with E-state index in [1.165, 1.54) is 0 Å². The Morgan fingerprint density at radius 2 is 2.13 bits per heavy atom. The fourth-order valence-electron chi connectivity index (χ4n) is 2.79. The molecule has 0 spiro atoms. The summed E-state index contributed by atoms with van der Waals surface area (Å²) < 4.78 is 0. The zero-order chi connectivity index (χ0) is 16.8. The minimum absolute atomic E-state index is 0.0823. The Labute approximate surface area is 147 Å². The van der Waals surface area contributed by atoms with Gasteiger partial charge in [-0.15, -0.1) is 0 Å². The van der Waals surface area contributed by atoms with Crippen molar-refractivity contribution in [3.63, 3.8) is 0 Å². The molecule has 0 bridgehead atoms. The summed E-state index contributed by atoms with van der Waals surface area (Å²) in [7, 11) is 0. The van der Waals surface area contributed by atoms with Gasteiger partial charge >= 0.3 is 0 Å². The second-order valence-corrected chi connectivity index (χ2v) is 6.94. The zero-order valence-electron chi connectivity index (χ0n) is 13.3. The number of rotatable bonds is 5. The highest BCUT2D eigenvalue weighted by atomic mass is 35.5. The van der Waals surface area contributed by atoms with E-state index in [0.29, 0.717) is 28.9 Å². The van der Waals surface area contributed by atoms with E-state index in [1.54, 1.807) is 17.0 Å². The van der Waals surface area contributed by atoms with E-state index >= 15 is 0 Å². The van der Waals surface area contributed by atoms with Crippen molar-refractivity contribution in [2.24, 2.45) is 5.92 Å². The summed E-state index contributed by atoms with van der Waals surface area (Å²) in [6, 6.07) is 5.30. The fraction of sp³-hybridized carbons (Fsp3) is 0.529. The third kappa shape index (κ3) is 5.70. The van der Waals surface area contributed by atoms with Crippen molar-refractivity contribution in [2.75, 3.05) is 19.6 Å². The standard InChI is InChI=1S/C17H22Cl2N2O2/c1-12-3-2-8-21(11-12)17(23)10-16(22)20-7-6-13-4-5-14(18)9-15(13)19/h4-5,9,12H,2-3,6-8,10-11H2,1H3,(H,20,22). The number of benzene rings is 1. The molecule has 6 heteroatoms. The van der Waals surface area contributed by atoms with E-state index in [4.69, 9.17) is 23.2 Å². The van der Waals surface area contributed by atoms with E-state index in [1.807, 2.05) is 6.07 Å². The largest absolute Gasteiger partial charge is 0.355 e. The molecule has 1 atom stereocenters. The molecule has 0 radical (unpaired) electrons. The van der Waals surface area contributed by atoms with Crippen LogP contribution >= 0.6 is 23.2 Å². The predicted octanol–water partition coefficient (Wildman–Crippen LogP) is 3.30. The number of nitrogens with one attached hydrogen (secondary N) is 1. The van der Waals surface area contributed by atoms with Crippen molar-refractivity contribution >= 4 is 35.0 Å². The van der Waals surface area contributed by atoms with Crippen molar-refractivity contribution in [3.8, 4) is 0 Å². The normalized spacial score (nSPS) is 17.9. The number of piperidine rings is 1. The molecule has 1 unspecified atom stereocenters. The van der Waals surface area contributed by atoms with Gasteiger partial charge in [0.15, 0.2) is 0 Å². The second-order valence-electron chi connectivity index (χ2n) is 6.10. The molecule has 0 aliphatic carbocycles. The Hall–Kier alpha value is -1.26. The molecule has 4 nitrogen and oxygen atoms in total. The molecule has 1 aliphatic rings. The lowest BCUT2D eigenvalue weighted by atomic mass is 10.00. The number of carbonyl (C=O) groups excluding carboxylic acids is 2. The average Bonchev–Trinajstić information content (AvgIpc) is 2.49. The molecule has 2 rings (SSSR count). The summed E-state index contributed by atoms with van der Waals surface area (Å²) in [5.41, 5.74) is 0.924. The molecule has 1 aromatic carbocycles. The maximum atomic E-state index is 12.1. The molecule has 1 aromatic rings. The van der Waals surface area contributed by atoms with Gasteiger partial charge in [0.25, 0.3) is 0 Å². The van der Waals surface area contributed by atoms with Crippen LogP contribution in [0.5, 0.6) is 0 Å². The van der Waals surface area contributed by atoms with Gasteiger partial charge < -0.3 is 10.2 Å². The third-order valence-corrected chi connectivity index (χ3v) is 4.64. The van der Waals surface area contributed by atoms with Crippen molar-refractivity contribution < 1.29 is 9.59 Å². The first-order valence-corrected chi connectivity index (χ1v) is 8.69. The van der Waals surface area contributed by atoms with Gasteiger partial charge in [-0.3, -0.25) is 9.59 Å². The molecule has 126 valence electrons. The molecular formula is C17H22Cl2N2O2. The summed E-state index contributed by atoms with van der Waals surface area (Å²) in [5.74, 6) is 0.194. The van der Waals surface area contributed by atoms with Crippen LogP contribution in [0.4, 0.5) is 0 Å². The monoisotopic (exact) mass is 356 g/mol. The van der Waals surface area contributed by atoms with Crippen molar-refractivity contribution in [2.45, 2.75) is 32.6 Å². The number of nitrogens with zero attached hydrogens (tertiary/aromatic N) is 1. The number of amides is 2. The van der Waals surface area contributed by atoms with E-state index < -0.39 is 0 Å². The van der Waals surface area contributed by atoms with Crippen LogP contribution in [-0.2, 0) is 16.0 Å². The van der Waals surface area contributed by atoms with Crippen LogP contribution in [0, 0.1) is 5.92 Å². The Morgan fingerprint density at radius 1 is 1.35 bits per heavy atom. The smallest absolute Gasteiger partial charge is 0.232 e. The maximum Gasteiger partial charge on any atom is 0.232 e. The topological polar surface area (TPSA) is 49.4 Å². The van der Waals surface area contributed by atoms with Gasteiger partial charge in [0, 0.05) is 29.7 Å². The lowest BCUT2D eigenvalue weighted by Gasteiger charge is -2.30. The minimum Gasteiger partial charge on any atom is -0.355 e. The molecule has 1 fully saturated rings. The van der Waals surface area contributed by atoms with E-state index in [-0.39, 0.29) is 18.2 Å². The number of carbonyl (C=O) groups is 2. The van der Waals surface area contributed by atoms with Crippen molar-refractivity contribution in [3.05, 3.63) is 33.8 Å². The number of hydrogen-bond donors (Lipinski definition) is 1. The van der Waals surface area contributed by atoms with Crippen LogP contribution < -0.4 is 5.32 Å². The molecule has 1 aliphatic heterocycles. The van der Waals surface area contributed by atoms with Crippen LogP contribution in [-0.4, -0.2) is 36.3 Å². The van der Waals surface area contributed by atoms with E-state index in [9.17, 15) is 9.59 Å². The summed E-state index contributed by atoms with van der Waals surface area (Å²) in [4.78, 5) is 25.8. The molecular weight excluding hydrogens is 335 g/mol. The number of halogens is 2. The average molecular weight is 357 g/mol. The minimum atomic E-state index is -0.238. The van der Waals surface area contributed by atoms with Crippen LogP contribution in [0.2, 0.25) is 10.0 Å². The van der Waals surface area contributed by atoms with Crippen LogP contribution in [0.25, 0.3) is 0 Å². The summed E-state index contributed by atoms with van der Waals surface area (Å²) in [5, 5.41) is 3.95. The predicted molar refractivity (Wildman–Crippen MR) is 92.8 cm³/mol. The van der Waals surface area contributed by atoms with Gasteiger partial charge in [-0.25, -0.2) is 0 Å². The second kappa shape index (κ2) is 8.55. The highest BCUT2D eigenvalue weighted by Gasteiger charge is 2.22. The highest BCUT2D eigenvalue weighted by Crippen LogP contribution is 2.21. The van der Waals surface area contributed by atoms with Gasteiger partial charge in [0.05, 0.1) is 0 Å². The van der Waals surface area contributed by atoms with Gasteiger partial charge in [0.1, 0.15) is 6.42 Å². The SMILES string of the molecule is CC1CCCN(C(=O)CC(=O)NCCc2ccc(Cl)cc2Cl)C1. The maximum absolute atomic E-state index is 12.1. The van der Waals surface area contributed by atoms with Gasteiger partial charge in [-0.1, -0.05) is 36.2 Å². The van der Waals surface area contributed by atoms with Crippen molar-refractivity contribution in [1.82, 2.24) is 10.2 Å². The Balaban J connectivity index is 1.73. The highest BCUT2D eigenvalue weighted by molar-refractivity contribution is 6.35. The Morgan fingerprint density at radius 3 is 2.83 bits per heavy atom. The molecule has 1 saturated heterocycles. The summed E-state index contributed by atoms with van der Waals surface area (Å²) in [6.07, 6.45) is 2.69. The van der Waals surface area contributed by atoms with E-state index in [0.717, 1.165) is 31.5 Å². The Bertz CT molecular complexity index is 578. The number of likely N-dealkylation sites (tertiary alicyclic amines) is 1. The third-order valence-electron chi connectivity index (χ3n) is 4.05. The quantitative estimate of drug-likeness (QED) is 0.822. The molecule has 0 saturated carbocycles. The Kier molecular flexibility index (Phi) is 6.72. The zero-order valence-corrected chi connectivity index (χ0v) is 14.8. The molecule has 2 amide bonds. The first-order chi connectivity index (χ1) is 11.0. The summed E-state index contributed by atoms with van der Waals surface area (Å²) >= 11 is 11.9. The van der Waals surface area contributed by atoms with Crippen LogP contribution in [0.15, 0.2) is 18.2 Å². The fourth-order valence-corrected chi connectivity index (χ4v) is 3.29. The first-order valence-electron chi connectivity index (χ1n) is 7.94. The van der Waals surface area contributed by atoms with E-state index in [2.05, 4.69) is 12.2 Å². The van der Waals surface area contributed by atoms with Crippen molar-refractivity contribution in [1.29, 1.82) is 0 Å². The van der Waals surface area contributed by atoms with Gasteiger partial charge in [0.2, 0.25) is 11.8 Å².